The predicted molar refractivity (Wildman–Crippen MR) is 140 cm³/mol. The van der Waals surface area contributed by atoms with Crippen LogP contribution in [0.5, 0.6) is 0 Å². The summed E-state index contributed by atoms with van der Waals surface area (Å²) in [5.41, 5.74) is 0. The molecule has 184 valence electrons. The molecule has 0 fully saturated rings. The Balaban J connectivity index is 0. The van der Waals surface area contributed by atoms with Crippen molar-refractivity contribution in [3.63, 3.8) is 0 Å². The highest BCUT2D eigenvalue weighted by Crippen LogP contribution is 2.16. The number of unbranched alkanes of at least 4 members (excludes halogenated alkanes) is 4. The number of hydrogen-bond donors (Lipinski definition) is 0. The van der Waals surface area contributed by atoms with E-state index in [9.17, 15) is 0 Å². The van der Waals surface area contributed by atoms with Crippen molar-refractivity contribution in [2.45, 2.75) is 132 Å². The Bertz CT molecular complexity index is 260. The summed E-state index contributed by atoms with van der Waals surface area (Å²) in [7, 11) is 0. The maximum atomic E-state index is 2.33. The molecular weight excluding hydrogens is 364 g/mol. The number of hydrogen-bond acceptors (Lipinski definition) is 0. The zero-order chi connectivity index (χ0) is 23.1. The van der Waals surface area contributed by atoms with Crippen LogP contribution in [0.2, 0.25) is 0 Å². The highest BCUT2D eigenvalue weighted by molar-refractivity contribution is 4.49. The summed E-state index contributed by atoms with van der Waals surface area (Å²) in [5.74, 6) is 0. The minimum absolute atomic E-state index is 1.33. The summed E-state index contributed by atoms with van der Waals surface area (Å²) >= 11 is 0. The third-order valence-electron chi connectivity index (χ3n) is 6.74. The van der Waals surface area contributed by atoms with Crippen molar-refractivity contribution in [1.82, 2.24) is 0 Å². The van der Waals surface area contributed by atoms with Gasteiger partial charge < -0.3 is 8.97 Å². The lowest BCUT2D eigenvalue weighted by Gasteiger charge is -2.39. The fourth-order valence-corrected chi connectivity index (χ4v) is 5.21. The van der Waals surface area contributed by atoms with Crippen molar-refractivity contribution in [1.29, 1.82) is 0 Å². The van der Waals surface area contributed by atoms with Crippen LogP contribution in [-0.2, 0) is 0 Å². The molecule has 0 aromatic rings. The van der Waals surface area contributed by atoms with Crippen LogP contribution in [0, 0.1) is 0 Å². The lowest BCUT2D eigenvalue weighted by molar-refractivity contribution is -0.929. The lowest BCUT2D eigenvalue weighted by Crippen LogP contribution is -2.50. The Morgan fingerprint density at radius 2 is 0.467 bits per heavy atom. The van der Waals surface area contributed by atoms with E-state index in [1.54, 1.807) is 0 Å². The van der Waals surface area contributed by atoms with Crippen molar-refractivity contribution in [2.24, 2.45) is 0 Å². The second kappa shape index (κ2) is 22.1. The van der Waals surface area contributed by atoms with Gasteiger partial charge in [-0.3, -0.25) is 0 Å². The van der Waals surface area contributed by atoms with E-state index in [4.69, 9.17) is 0 Å². The molecule has 0 amide bonds. The molecule has 0 aliphatic heterocycles. The van der Waals surface area contributed by atoms with Gasteiger partial charge in [0.2, 0.25) is 0 Å². The van der Waals surface area contributed by atoms with Gasteiger partial charge in [0.1, 0.15) is 0 Å². The number of rotatable bonds is 20. The molecule has 30 heavy (non-hydrogen) atoms. The molecule has 0 spiro atoms. The van der Waals surface area contributed by atoms with Crippen molar-refractivity contribution in [3.05, 3.63) is 0 Å². The normalized spacial score (nSPS) is 12.0. The van der Waals surface area contributed by atoms with Crippen LogP contribution in [0.4, 0.5) is 0 Å². The quantitative estimate of drug-likeness (QED) is 0.171. The second-order valence-electron chi connectivity index (χ2n) is 9.89. The van der Waals surface area contributed by atoms with E-state index in [-0.39, 0.29) is 0 Å². The first-order valence-electron chi connectivity index (χ1n) is 14.2. The molecule has 0 rings (SSSR count). The summed E-state index contributed by atoms with van der Waals surface area (Å²) in [6, 6.07) is 0. The summed E-state index contributed by atoms with van der Waals surface area (Å²) in [6.45, 7) is 29.8. The molecule has 0 aromatic heterocycles. The Hall–Kier alpha value is -0.0800. The van der Waals surface area contributed by atoms with Crippen LogP contribution in [0.1, 0.15) is 132 Å². The smallest absolute Gasteiger partial charge is 0.0786 e. The Labute approximate surface area is 194 Å². The Kier molecular flexibility index (Phi) is 23.7. The van der Waals surface area contributed by atoms with Gasteiger partial charge in [0.25, 0.3) is 0 Å². The van der Waals surface area contributed by atoms with Crippen LogP contribution in [0.3, 0.4) is 0 Å². The molecule has 0 unspecified atom stereocenters. The highest BCUT2D eigenvalue weighted by Gasteiger charge is 2.25. The molecule has 2 nitrogen and oxygen atoms in total. The van der Waals surface area contributed by atoms with E-state index in [0.717, 1.165) is 0 Å². The Morgan fingerprint density at radius 1 is 0.267 bits per heavy atom. The molecule has 0 aliphatic carbocycles. The van der Waals surface area contributed by atoms with Gasteiger partial charge in [-0.05, 0) is 51.4 Å². The first-order valence-corrected chi connectivity index (χ1v) is 14.2. The number of quaternary nitrogens is 2. The molecule has 0 saturated heterocycles. The minimum atomic E-state index is 1.33. The molecule has 0 aliphatic rings. The fourth-order valence-electron chi connectivity index (χ4n) is 5.21. The summed E-state index contributed by atoms with van der Waals surface area (Å²) in [4.78, 5) is 0. The van der Waals surface area contributed by atoms with E-state index < -0.39 is 0 Å². The molecule has 2 heteroatoms. The van der Waals surface area contributed by atoms with Gasteiger partial charge in [-0.15, -0.1) is 0 Å². The average Bonchev–Trinajstić information content (AvgIpc) is 2.74. The van der Waals surface area contributed by atoms with E-state index >= 15 is 0 Å². The minimum Gasteiger partial charge on any atom is -0.324 e. The highest BCUT2D eigenvalue weighted by atomic mass is 15.3. The predicted octanol–water partition coefficient (Wildman–Crippen LogP) is 8.45. The second-order valence-corrected chi connectivity index (χ2v) is 9.89. The van der Waals surface area contributed by atoms with Crippen LogP contribution in [-0.4, -0.2) is 61.3 Å². The van der Waals surface area contributed by atoms with Crippen molar-refractivity contribution >= 4 is 0 Å². The van der Waals surface area contributed by atoms with Gasteiger partial charge >= 0.3 is 0 Å². The van der Waals surface area contributed by atoms with Crippen LogP contribution in [0.25, 0.3) is 0 Å². The van der Waals surface area contributed by atoms with Crippen LogP contribution < -0.4 is 0 Å². The molecule has 0 atom stereocenters. The van der Waals surface area contributed by atoms with Gasteiger partial charge in [0, 0.05) is 0 Å². The molecule has 0 aromatic carbocycles. The van der Waals surface area contributed by atoms with E-state index in [2.05, 4.69) is 55.4 Å². The van der Waals surface area contributed by atoms with E-state index in [0.29, 0.717) is 0 Å². The van der Waals surface area contributed by atoms with E-state index in [1.165, 1.54) is 138 Å². The van der Waals surface area contributed by atoms with Gasteiger partial charge in [-0.2, -0.15) is 0 Å². The maximum Gasteiger partial charge on any atom is 0.0786 e. The first-order chi connectivity index (χ1) is 14.5. The maximum absolute atomic E-state index is 2.33. The molecular formula is C28H64N2+2. The van der Waals surface area contributed by atoms with Gasteiger partial charge in [-0.25, -0.2) is 0 Å². The molecule has 0 heterocycles. The Morgan fingerprint density at radius 3 is 0.633 bits per heavy atom. The van der Waals surface area contributed by atoms with Gasteiger partial charge in [0.15, 0.2) is 0 Å². The SMILES string of the molecule is CCCC[N+](CCCC)(CCCC)CCCC.CCC[N+](CCC)(CCC)CCC. The molecule has 0 radical (unpaired) electrons. The topological polar surface area (TPSA) is 0 Å². The summed E-state index contributed by atoms with van der Waals surface area (Å²) < 4.78 is 2.80. The lowest BCUT2D eigenvalue weighted by atomic mass is 10.1. The zero-order valence-electron chi connectivity index (χ0n) is 23.0. The summed E-state index contributed by atoms with van der Waals surface area (Å²) in [5, 5.41) is 0. The third kappa shape index (κ3) is 15.7. The fraction of sp³-hybridized carbons (Fsp3) is 1.00. The van der Waals surface area contributed by atoms with Crippen molar-refractivity contribution in [2.75, 3.05) is 52.4 Å². The van der Waals surface area contributed by atoms with Crippen LogP contribution in [0.15, 0.2) is 0 Å². The monoisotopic (exact) mass is 429 g/mol. The standard InChI is InChI=1S/C16H36N.C12H28N/c1-5-9-13-17(14-10-6-2,15-11-7-3)16-12-8-4;1-5-9-13(10-6-2,11-7-3)12-8-4/h5-16H2,1-4H3;5-12H2,1-4H3/q2*+1. The zero-order valence-corrected chi connectivity index (χ0v) is 23.0. The summed E-state index contributed by atoms with van der Waals surface area (Å²) in [6.07, 6.45) is 16.4. The van der Waals surface area contributed by atoms with Gasteiger partial charge in [-0.1, -0.05) is 81.1 Å². The molecule has 0 bridgehead atoms. The van der Waals surface area contributed by atoms with Crippen molar-refractivity contribution in [3.8, 4) is 0 Å². The molecule has 0 saturated carbocycles. The largest absolute Gasteiger partial charge is 0.324 e. The third-order valence-corrected chi connectivity index (χ3v) is 6.74. The average molecular weight is 429 g/mol. The molecule has 0 N–H and O–H groups in total. The van der Waals surface area contributed by atoms with Crippen LogP contribution >= 0.6 is 0 Å². The number of nitrogens with zero attached hydrogens (tertiary/aromatic N) is 2. The van der Waals surface area contributed by atoms with Crippen molar-refractivity contribution < 1.29 is 8.97 Å². The first kappa shape index (κ1) is 32.1. The van der Waals surface area contributed by atoms with E-state index in [1.807, 2.05) is 0 Å². The van der Waals surface area contributed by atoms with Gasteiger partial charge in [0.05, 0.1) is 52.4 Å².